The highest BCUT2D eigenvalue weighted by Gasteiger charge is 2.36. The van der Waals surface area contributed by atoms with E-state index in [2.05, 4.69) is 5.32 Å². The number of Topliss-reactive ketones (excluding diaryl/α,β-unsaturated/α-hetero) is 3. The normalized spacial score (nSPS) is 17.0. The number of rotatable bonds is 17. The van der Waals surface area contributed by atoms with Crippen molar-refractivity contribution in [1.82, 2.24) is 10.2 Å². The second kappa shape index (κ2) is 22.1. The van der Waals surface area contributed by atoms with Crippen LogP contribution in [0.5, 0.6) is 11.5 Å². The number of amides is 2. The lowest BCUT2D eigenvalue weighted by Crippen LogP contribution is -2.46. The number of nitrogens with two attached hydrogens (primary N) is 3. The van der Waals surface area contributed by atoms with Gasteiger partial charge in [-0.25, -0.2) is 0 Å². The van der Waals surface area contributed by atoms with Crippen molar-refractivity contribution >= 4 is 40.8 Å². The van der Waals surface area contributed by atoms with Gasteiger partial charge < -0.3 is 36.9 Å². The molecular weight excluding hydrogens is 796 g/mol. The number of nitriles is 1. The third-order valence-corrected chi connectivity index (χ3v) is 11.0. The summed E-state index contributed by atoms with van der Waals surface area (Å²) in [5.74, 6) is -2.97. The molecule has 4 aromatic carbocycles. The Kier molecular flexibility index (Phi) is 16.7. The first-order valence-corrected chi connectivity index (χ1v) is 20.8. The molecule has 13 nitrogen and oxygen atoms in total. The molecule has 1 aliphatic rings. The molecule has 0 saturated carbocycles. The Bertz CT molecular complexity index is 2240. The molecule has 0 spiro atoms. The predicted molar refractivity (Wildman–Crippen MR) is 234 cm³/mol. The molecule has 0 aromatic heterocycles. The fraction of sp³-hybridized carbons (Fsp3) is 0.362. The number of halogens is 1. The zero-order chi connectivity index (χ0) is 44.1. The van der Waals surface area contributed by atoms with Crippen molar-refractivity contribution in [1.29, 1.82) is 5.26 Å². The summed E-state index contributed by atoms with van der Waals surface area (Å²) in [6.07, 6.45) is -0.273. The summed E-state index contributed by atoms with van der Waals surface area (Å²) in [6, 6.07) is 24.7. The summed E-state index contributed by atoms with van der Waals surface area (Å²) in [6.45, 7) is 2.48. The number of carbonyl (C=O) groups excluding carboxylic acids is 5. The van der Waals surface area contributed by atoms with E-state index in [-0.39, 0.29) is 82.9 Å². The molecule has 5 rings (SSSR count). The molecule has 0 fully saturated rings. The Morgan fingerprint density at radius 3 is 2.07 bits per heavy atom. The number of hydrogen-bond donors (Lipinski definition) is 4. The van der Waals surface area contributed by atoms with Gasteiger partial charge in [-0.1, -0.05) is 67.1 Å². The molecule has 4 atom stereocenters. The topological polar surface area (TPSA) is 221 Å². The highest BCUT2D eigenvalue weighted by atomic mass is 35.5. The number of likely N-dealkylation sites (N-methyl/N-ethyl adjacent to an activating group) is 1. The first-order chi connectivity index (χ1) is 29.4. The molecule has 1 heterocycles. The quantitative estimate of drug-likeness (QED) is 0.0959. The van der Waals surface area contributed by atoms with Gasteiger partial charge in [-0.2, -0.15) is 5.26 Å². The molecule has 2 amide bonds. The van der Waals surface area contributed by atoms with Crippen molar-refractivity contribution in [2.45, 2.75) is 57.5 Å². The van der Waals surface area contributed by atoms with Crippen molar-refractivity contribution in [3.8, 4) is 39.8 Å². The molecule has 0 unspecified atom stereocenters. The number of nitrogens with one attached hydrogen (secondary N) is 1. The van der Waals surface area contributed by atoms with Crippen molar-refractivity contribution < 1.29 is 33.4 Å². The predicted octanol–water partition coefficient (Wildman–Crippen LogP) is 5.60. The lowest BCUT2D eigenvalue weighted by atomic mass is 9.88. The molecular formula is C47H53ClN6O7. The lowest BCUT2D eigenvalue weighted by molar-refractivity contribution is -0.142. The second-order valence-electron chi connectivity index (χ2n) is 15.2. The standard InChI is InChI=1S/C47H53ClN6O7/c1-29-24-42(57)45(54(2)47(59)35(17-19-50)28-41(56)33-8-6-31(7-9-33)32-10-13-36(48)14-11-32)34-12-16-44(61-23-21-52)38(27-34)37-25-30(5-15-43(37)60-22-20-51)26-39(53-46(29)58)40(55)4-3-18-49/h5-16,25,27,29,35,39,45H,3-4,17,19-24,26,28,50-52H2,1-2H3,(H,53,58)/t29-,35-,39+,45+/m1/s1. The molecule has 320 valence electrons. The van der Waals surface area contributed by atoms with Crippen LogP contribution in [0.3, 0.4) is 0 Å². The van der Waals surface area contributed by atoms with E-state index in [1.165, 1.54) is 11.9 Å². The van der Waals surface area contributed by atoms with Crippen LogP contribution in [0.25, 0.3) is 22.3 Å². The highest BCUT2D eigenvalue weighted by molar-refractivity contribution is 6.30. The van der Waals surface area contributed by atoms with Gasteiger partial charge in [0.15, 0.2) is 17.3 Å². The largest absolute Gasteiger partial charge is 0.492 e. The van der Waals surface area contributed by atoms with Gasteiger partial charge in [0.1, 0.15) is 30.8 Å². The average Bonchev–Trinajstić information content (AvgIpc) is 3.26. The molecule has 4 aromatic rings. The van der Waals surface area contributed by atoms with E-state index < -0.39 is 41.5 Å². The van der Waals surface area contributed by atoms with Crippen molar-refractivity contribution in [2.75, 3.05) is 39.9 Å². The minimum Gasteiger partial charge on any atom is -0.492 e. The van der Waals surface area contributed by atoms with Crippen LogP contribution in [-0.4, -0.2) is 80.0 Å². The zero-order valence-electron chi connectivity index (χ0n) is 34.5. The molecule has 0 radical (unpaired) electrons. The van der Waals surface area contributed by atoms with Crippen molar-refractivity contribution in [2.24, 2.45) is 29.0 Å². The van der Waals surface area contributed by atoms with Gasteiger partial charge in [0, 0.05) is 79.4 Å². The number of ether oxygens (including phenoxy) is 2. The number of fused-ring (bicyclic) bond motifs is 5. The maximum absolute atomic E-state index is 14.6. The SMILES string of the molecule is C[C@@H]1CC(=O)[C@@H](N(C)C(=O)[C@H](CCN)CC(=O)c2ccc(-c3ccc(Cl)cc3)cc2)c2ccc(OCCN)c(c2)-c2cc(ccc2OCCN)C[C@@H](C(=O)CCC#N)NC1=O. The van der Waals surface area contributed by atoms with Crippen LogP contribution in [0.4, 0.5) is 0 Å². The van der Waals surface area contributed by atoms with Gasteiger partial charge in [0.05, 0.1) is 12.1 Å². The van der Waals surface area contributed by atoms with Gasteiger partial charge in [-0.3, -0.25) is 24.0 Å². The number of hydrogen-bond acceptors (Lipinski definition) is 11. The molecule has 1 aliphatic heterocycles. The molecule has 0 aliphatic carbocycles. The Hall–Kier alpha value is -5.91. The van der Waals surface area contributed by atoms with Gasteiger partial charge in [-0.15, -0.1) is 0 Å². The zero-order valence-corrected chi connectivity index (χ0v) is 35.3. The fourth-order valence-electron chi connectivity index (χ4n) is 7.47. The van der Waals surface area contributed by atoms with Gasteiger partial charge in [0.2, 0.25) is 11.8 Å². The van der Waals surface area contributed by atoms with Crippen LogP contribution < -0.4 is 32.0 Å². The Morgan fingerprint density at radius 1 is 0.852 bits per heavy atom. The highest BCUT2D eigenvalue weighted by Crippen LogP contribution is 2.41. The Morgan fingerprint density at radius 2 is 1.46 bits per heavy atom. The van der Waals surface area contributed by atoms with Crippen LogP contribution in [0.2, 0.25) is 5.02 Å². The lowest BCUT2D eigenvalue weighted by Gasteiger charge is -2.32. The first kappa shape index (κ1) is 46.2. The molecule has 61 heavy (non-hydrogen) atoms. The van der Waals surface area contributed by atoms with Crippen LogP contribution in [0.15, 0.2) is 84.9 Å². The van der Waals surface area contributed by atoms with Crippen LogP contribution in [0.1, 0.15) is 66.6 Å². The smallest absolute Gasteiger partial charge is 0.226 e. The maximum Gasteiger partial charge on any atom is 0.226 e. The Labute approximate surface area is 361 Å². The van der Waals surface area contributed by atoms with Gasteiger partial charge in [0.25, 0.3) is 0 Å². The minimum absolute atomic E-state index is 0.0274. The summed E-state index contributed by atoms with van der Waals surface area (Å²) in [5.41, 5.74) is 22.1. The number of ketones is 3. The third kappa shape index (κ3) is 11.9. The summed E-state index contributed by atoms with van der Waals surface area (Å²) >= 11 is 6.06. The minimum atomic E-state index is -1.22. The summed E-state index contributed by atoms with van der Waals surface area (Å²) < 4.78 is 12.2. The molecule has 14 heteroatoms. The summed E-state index contributed by atoms with van der Waals surface area (Å²) in [4.78, 5) is 71.5. The monoisotopic (exact) mass is 848 g/mol. The van der Waals surface area contributed by atoms with Crippen LogP contribution in [-0.2, 0) is 25.6 Å². The number of nitrogens with zero attached hydrogens (tertiary/aromatic N) is 2. The Balaban J connectivity index is 1.57. The first-order valence-electron chi connectivity index (χ1n) is 20.4. The van der Waals surface area contributed by atoms with Crippen LogP contribution in [0, 0.1) is 23.2 Å². The third-order valence-electron chi connectivity index (χ3n) is 10.7. The van der Waals surface area contributed by atoms with E-state index in [9.17, 15) is 29.2 Å². The van der Waals surface area contributed by atoms with E-state index in [0.717, 1.165) is 11.1 Å². The van der Waals surface area contributed by atoms with Gasteiger partial charge >= 0.3 is 0 Å². The molecule has 0 saturated heterocycles. The van der Waals surface area contributed by atoms with E-state index in [4.69, 9.17) is 38.3 Å². The maximum atomic E-state index is 14.6. The van der Waals surface area contributed by atoms with E-state index in [1.54, 1.807) is 61.5 Å². The van der Waals surface area contributed by atoms with Crippen LogP contribution >= 0.6 is 11.6 Å². The average molecular weight is 849 g/mol. The fourth-order valence-corrected chi connectivity index (χ4v) is 7.60. The van der Waals surface area contributed by atoms with E-state index in [1.807, 2.05) is 36.4 Å². The van der Waals surface area contributed by atoms with Crippen molar-refractivity contribution in [3.63, 3.8) is 0 Å². The molecule has 7 N–H and O–H groups in total. The number of carbonyl (C=O) groups is 5. The second-order valence-corrected chi connectivity index (χ2v) is 15.6. The summed E-state index contributed by atoms with van der Waals surface area (Å²) in [7, 11) is 1.51. The van der Waals surface area contributed by atoms with Crippen molar-refractivity contribution in [3.05, 3.63) is 107 Å². The number of benzene rings is 4. The van der Waals surface area contributed by atoms with E-state index >= 15 is 0 Å². The van der Waals surface area contributed by atoms with Gasteiger partial charge in [-0.05, 0) is 78.0 Å². The van der Waals surface area contributed by atoms with E-state index in [0.29, 0.717) is 44.3 Å². The molecule has 4 bridgehead atoms. The summed E-state index contributed by atoms with van der Waals surface area (Å²) in [5, 5.41) is 12.7.